The molecule has 0 amide bonds. The Morgan fingerprint density at radius 1 is 1.40 bits per heavy atom. The third kappa shape index (κ3) is 3.01. The summed E-state index contributed by atoms with van der Waals surface area (Å²) in [4.78, 5) is 28.0. The molecular formula is C14H15IN2O3. The SMILES string of the molecule is CN(C)CCc1cc2[nH]cc(C(=O)O)c(=O)c2cc1I. The molecule has 5 nitrogen and oxygen atoms in total. The molecule has 0 aliphatic rings. The molecule has 0 aliphatic carbocycles. The zero-order chi connectivity index (χ0) is 14.9. The summed E-state index contributed by atoms with van der Waals surface area (Å²) in [6.45, 7) is 0.916. The van der Waals surface area contributed by atoms with Crippen molar-refractivity contribution in [2.45, 2.75) is 6.42 Å². The summed E-state index contributed by atoms with van der Waals surface area (Å²) in [5.74, 6) is -1.21. The number of pyridine rings is 1. The van der Waals surface area contributed by atoms with Crippen molar-refractivity contribution in [3.63, 3.8) is 0 Å². The lowest BCUT2D eigenvalue weighted by Crippen LogP contribution is -2.17. The zero-order valence-corrected chi connectivity index (χ0v) is 13.4. The van der Waals surface area contributed by atoms with E-state index in [1.54, 1.807) is 6.07 Å². The lowest BCUT2D eigenvalue weighted by atomic mass is 10.1. The van der Waals surface area contributed by atoms with E-state index in [0.29, 0.717) is 10.9 Å². The average Bonchev–Trinajstić information content (AvgIpc) is 2.37. The van der Waals surface area contributed by atoms with Gasteiger partial charge in [0.2, 0.25) is 5.43 Å². The number of nitrogens with zero attached hydrogens (tertiary/aromatic N) is 1. The molecule has 6 heteroatoms. The summed E-state index contributed by atoms with van der Waals surface area (Å²) >= 11 is 2.18. The highest BCUT2D eigenvalue weighted by atomic mass is 127. The van der Waals surface area contributed by atoms with E-state index in [1.807, 2.05) is 20.2 Å². The number of rotatable bonds is 4. The first kappa shape index (κ1) is 15.0. The monoisotopic (exact) mass is 386 g/mol. The molecule has 0 bridgehead atoms. The number of likely N-dealkylation sites (N-methyl/N-ethyl adjacent to an activating group) is 1. The molecule has 2 rings (SSSR count). The molecule has 106 valence electrons. The second kappa shape index (κ2) is 5.92. The molecule has 0 spiro atoms. The molecule has 1 heterocycles. The molecule has 2 aromatic rings. The van der Waals surface area contributed by atoms with Crippen LogP contribution in [0.15, 0.2) is 23.1 Å². The van der Waals surface area contributed by atoms with E-state index in [0.717, 1.165) is 22.1 Å². The first-order chi connectivity index (χ1) is 9.40. The highest BCUT2D eigenvalue weighted by molar-refractivity contribution is 14.1. The van der Waals surface area contributed by atoms with Crippen LogP contribution in [0.2, 0.25) is 0 Å². The van der Waals surface area contributed by atoms with Crippen molar-refractivity contribution in [1.29, 1.82) is 0 Å². The molecule has 0 unspecified atom stereocenters. The van der Waals surface area contributed by atoms with Gasteiger partial charge in [-0.1, -0.05) is 0 Å². The molecule has 0 radical (unpaired) electrons. The van der Waals surface area contributed by atoms with Crippen LogP contribution in [0.25, 0.3) is 10.9 Å². The van der Waals surface area contributed by atoms with E-state index in [1.165, 1.54) is 6.20 Å². The number of aromatic amines is 1. The lowest BCUT2D eigenvalue weighted by Gasteiger charge is -2.11. The van der Waals surface area contributed by atoms with Gasteiger partial charge in [0.15, 0.2) is 0 Å². The summed E-state index contributed by atoms with van der Waals surface area (Å²) in [5, 5.41) is 9.39. The molecule has 0 atom stereocenters. The molecule has 0 saturated heterocycles. The van der Waals surface area contributed by atoms with Gasteiger partial charge in [0, 0.05) is 27.2 Å². The van der Waals surface area contributed by atoms with Gasteiger partial charge in [-0.3, -0.25) is 4.79 Å². The van der Waals surface area contributed by atoms with E-state index < -0.39 is 11.4 Å². The van der Waals surface area contributed by atoms with Gasteiger partial charge in [-0.15, -0.1) is 0 Å². The molecule has 1 aromatic carbocycles. The van der Waals surface area contributed by atoms with Crippen LogP contribution in [0.3, 0.4) is 0 Å². The Morgan fingerprint density at radius 2 is 2.10 bits per heavy atom. The lowest BCUT2D eigenvalue weighted by molar-refractivity contribution is 0.0695. The van der Waals surface area contributed by atoms with Crippen molar-refractivity contribution in [2.75, 3.05) is 20.6 Å². The van der Waals surface area contributed by atoms with Gasteiger partial charge in [-0.25, -0.2) is 4.79 Å². The van der Waals surface area contributed by atoms with Crippen LogP contribution < -0.4 is 5.43 Å². The number of aromatic nitrogens is 1. The predicted molar refractivity (Wildman–Crippen MR) is 86.5 cm³/mol. The predicted octanol–water partition coefficient (Wildman–Crippen LogP) is 1.93. The number of halogens is 1. The largest absolute Gasteiger partial charge is 0.477 e. The van der Waals surface area contributed by atoms with Crippen LogP contribution in [0, 0.1) is 3.57 Å². The molecule has 20 heavy (non-hydrogen) atoms. The number of nitrogens with one attached hydrogen (secondary N) is 1. The van der Waals surface area contributed by atoms with E-state index in [-0.39, 0.29) is 5.56 Å². The number of hydrogen-bond donors (Lipinski definition) is 2. The number of fused-ring (bicyclic) bond motifs is 1. The van der Waals surface area contributed by atoms with E-state index in [9.17, 15) is 9.59 Å². The minimum Gasteiger partial charge on any atom is -0.477 e. The normalized spacial score (nSPS) is 11.2. The first-order valence-corrected chi connectivity index (χ1v) is 7.20. The highest BCUT2D eigenvalue weighted by Gasteiger charge is 2.13. The molecule has 0 aliphatic heterocycles. The number of benzene rings is 1. The quantitative estimate of drug-likeness (QED) is 0.788. The fourth-order valence-corrected chi connectivity index (χ4v) is 2.72. The number of aromatic carboxylic acids is 1. The number of hydrogen-bond acceptors (Lipinski definition) is 3. The Hall–Kier alpha value is -1.41. The minimum absolute atomic E-state index is 0.227. The maximum absolute atomic E-state index is 12.1. The van der Waals surface area contributed by atoms with Crippen LogP contribution in [0.1, 0.15) is 15.9 Å². The van der Waals surface area contributed by atoms with Crippen molar-refractivity contribution < 1.29 is 9.90 Å². The Morgan fingerprint density at radius 3 is 2.70 bits per heavy atom. The van der Waals surface area contributed by atoms with Crippen molar-refractivity contribution in [2.24, 2.45) is 0 Å². The van der Waals surface area contributed by atoms with Gasteiger partial charge in [-0.05, 0) is 60.8 Å². The molecule has 2 N–H and O–H groups in total. The highest BCUT2D eigenvalue weighted by Crippen LogP contribution is 2.19. The van der Waals surface area contributed by atoms with Crippen molar-refractivity contribution >= 4 is 39.5 Å². The minimum atomic E-state index is -1.21. The number of H-pyrrole nitrogens is 1. The molecule has 1 aromatic heterocycles. The smallest absolute Gasteiger partial charge is 0.341 e. The summed E-state index contributed by atoms with van der Waals surface area (Å²) < 4.78 is 0.977. The van der Waals surface area contributed by atoms with Crippen LogP contribution in [-0.4, -0.2) is 41.6 Å². The van der Waals surface area contributed by atoms with Gasteiger partial charge in [0.1, 0.15) is 5.56 Å². The van der Waals surface area contributed by atoms with Gasteiger partial charge in [-0.2, -0.15) is 0 Å². The molecule has 0 fully saturated rings. The van der Waals surface area contributed by atoms with Gasteiger partial charge in [0.05, 0.1) is 0 Å². The third-order valence-electron chi connectivity index (χ3n) is 3.11. The Labute approximate surface area is 129 Å². The van der Waals surface area contributed by atoms with Gasteiger partial charge in [0.25, 0.3) is 0 Å². The summed E-state index contributed by atoms with van der Waals surface area (Å²) in [5.41, 5.74) is 1.15. The topological polar surface area (TPSA) is 73.4 Å². The maximum atomic E-state index is 12.1. The average molecular weight is 386 g/mol. The first-order valence-electron chi connectivity index (χ1n) is 6.12. The fourth-order valence-electron chi connectivity index (χ4n) is 1.98. The summed E-state index contributed by atoms with van der Waals surface area (Å²) in [6.07, 6.45) is 2.14. The van der Waals surface area contributed by atoms with Crippen LogP contribution >= 0.6 is 22.6 Å². The second-order valence-electron chi connectivity index (χ2n) is 4.88. The Kier molecular flexibility index (Phi) is 4.44. The Bertz CT molecular complexity index is 722. The second-order valence-corrected chi connectivity index (χ2v) is 6.04. The molecular weight excluding hydrogens is 371 g/mol. The van der Waals surface area contributed by atoms with Gasteiger partial charge >= 0.3 is 5.97 Å². The number of carboxylic acids is 1. The van der Waals surface area contributed by atoms with Gasteiger partial charge < -0.3 is 15.0 Å². The van der Waals surface area contributed by atoms with Crippen LogP contribution in [0.5, 0.6) is 0 Å². The van der Waals surface area contributed by atoms with Crippen molar-refractivity contribution in [3.8, 4) is 0 Å². The fraction of sp³-hybridized carbons (Fsp3) is 0.286. The van der Waals surface area contributed by atoms with E-state index in [4.69, 9.17) is 5.11 Å². The van der Waals surface area contributed by atoms with Crippen molar-refractivity contribution in [3.05, 3.63) is 43.2 Å². The number of carbonyl (C=O) groups is 1. The van der Waals surface area contributed by atoms with E-state index in [2.05, 4.69) is 32.5 Å². The Balaban J connectivity index is 2.54. The third-order valence-corrected chi connectivity index (χ3v) is 4.11. The van der Waals surface area contributed by atoms with Crippen LogP contribution in [-0.2, 0) is 6.42 Å². The summed E-state index contributed by atoms with van der Waals surface area (Å²) in [6, 6.07) is 3.68. The number of carboxylic acid groups (broad SMARTS) is 1. The van der Waals surface area contributed by atoms with Crippen molar-refractivity contribution in [1.82, 2.24) is 9.88 Å². The maximum Gasteiger partial charge on any atom is 0.341 e. The summed E-state index contributed by atoms with van der Waals surface area (Å²) in [7, 11) is 4.02. The van der Waals surface area contributed by atoms with Crippen LogP contribution in [0.4, 0.5) is 0 Å². The zero-order valence-electron chi connectivity index (χ0n) is 11.2. The standard InChI is InChI=1S/C14H15IN2O3/c1-17(2)4-3-8-5-12-9(6-11(8)15)13(18)10(7-16-12)14(19)20/h5-7H,3-4H2,1-2H3,(H,16,18)(H,19,20). The van der Waals surface area contributed by atoms with E-state index >= 15 is 0 Å². The molecule has 0 saturated carbocycles.